The highest BCUT2D eigenvalue weighted by atomic mass is 79.9. The van der Waals surface area contributed by atoms with E-state index in [1.54, 1.807) is 19.1 Å². The summed E-state index contributed by atoms with van der Waals surface area (Å²) in [6.07, 6.45) is 1.43. The molecule has 0 unspecified atom stereocenters. The highest BCUT2D eigenvalue weighted by Crippen LogP contribution is 2.44. The summed E-state index contributed by atoms with van der Waals surface area (Å²) in [5, 5.41) is 0.527. The van der Waals surface area contributed by atoms with Crippen molar-refractivity contribution in [3.63, 3.8) is 0 Å². The van der Waals surface area contributed by atoms with Gasteiger partial charge in [-0.2, -0.15) is 0 Å². The average Bonchev–Trinajstić information content (AvgIpc) is 3.28. The van der Waals surface area contributed by atoms with E-state index in [-0.39, 0.29) is 41.9 Å². The van der Waals surface area contributed by atoms with Crippen LogP contribution in [-0.4, -0.2) is 35.5 Å². The average molecular weight is 600 g/mol. The Balaban J connectivity index is 1.86. The van der Waals surface area contributed by atoms with Crippen LogP contribution in [0.25, 0.3) is 0 Å². The number of imidazole rings is 1. The molecule has 2 aromatic carbocycles. The van der Waals surface area contributed by atoms with Crippen molar-refractivity contribution in [2.75, 3.05) is 10.7 Å². The molecule has 1 atom stereocenters. The number of rotatable bonds is 8. The highest BCUT2D eigenvalue weighted by molar-refractivity contribution is 9.10. The molecule has 1 aliphatic rings. The zero-order chi connectivity index (χ0) is 25.5. The van der Waals surface area contributed by atoms with Gasteiger partial charge in [0.15, 0.2) is 14.9 Å². The predicted octanol–water partition coefficient (Wildman–Crippen LogP) is 4.63. The van der Waals surface area contributed by atoms with Crippen molar-refractivity contribution in [3.05, 3.63) is 68.7 Å². The third-order valence-electron chi connectivity index (χ3n) is 5.79. The zero-order valence-corrected chi connectivity index (χ0v) is 22.5. The summed E-state index contributed by atoms with van der Waals surface area (Å²) in [6.45, 7) is 1.68. The molecule has 35 heavy (non-hydrogen) atoms. The van der Waals surface area contributed by atoms with Crippen molar-refractivity contribution in [2.24, 2.45) is 5.73 Å². The number of anilines is 2. The minimum absolute atomic E-state index is 0.0587. The summed E-state index contributed by atoms with van der Waals surface area (Å²) in [6, 6.07) is 12.1. The maximum absolute atomic E-state index is 13.9. The lowest BCUT2D eigenvalue weighted by Gasteiger charge is -2.26. The molecule has 1 aliphatic heterocycles. The van der Waals surface area contributed by atoms with Gasteiger partial charge in [-0.25, -0.2) is 18.3 Å². The number of nitrogens with zero attached hydrogens (tertiary/aromatic N) is 3. The Morgan fingerprint density at radius 1 is 1.14 bits per heavy atom. The molecule has 1 aromatic heterocycles. The summed E-state index contributed by atoms with van der Waals surface area (Å²) >= 11 is 15.8. The Bertz CT molecular complexity index is 1410. The van der Waals surface area contributed by atoms with Crippen LogP contribution >= 0.6 is 39.1 Å². The van der Waals surface area contributed by atoms with Crippen LogP contribution in [0.4, 0.5) is 11.6 Å². The zero-order valence-electron chi connectivity index (χ0n) is 18.5. The number of aromatic nitrogens is 2. The van der Waals surface area contributed by atoms with Crippen LogP contribution < -0.4 is 10.6 Å². The molecule has 0 aliphatic carbocycles. The van der Waals surface area contributed by atoms with Crippen LogP contribution in [0, 0.1) is 0 Å². The molecule has 0 spiro atoms. The molecular formula is C23H21BrCl2N4O4S. The lowest BCUT2D eigenvalue weighted by atomic mass is 9.92. The van der Waals surface area contributed by atoms with Gasteiger partial charge in [0, 0.05) is 27.4 Å². The summed E-state index contributed by atoms with van der Waals surface area (Å²) in [7, 11) is -3.90. The third-order valence-corrected chi connectivity index (χ3v) is 8.51. The van der Waals surface area contributed by atoms with E-state index < -0.39 is 21.3 Å². The number of fused-ring (bicyclic) bond motifs is 1. The van der Waals surface area contributed by atoms with E-state index in [1.165, 1.54) is 21.7 Å². The van der Waals surface area contributed by atoms with Crippen LogP contribution in [0.5, 0.6) is 0 Å². The topological polar surface area (TPSA) is 115 Å². The first-order valence-corrected chi connectivity index (χ1v) is 13.8. The first-order chi connectivity index (χ1) is 16.4. The van der Waals surface area contributed by atoms with Crippen molar-refractivity contribution in [1.82, 2.24) is 9.55 Å². The van der Waals surface area contributed by atoms with Gasteiger partial charge >= 0.3 is 0 Å². The van der Waals surface area contributed by atoms with E-state index >= 15 is 0 Å². The van der Waals surface area contributed by atoms with Crippen LogP contribution in [0.2, 0.25) is 10.0 Å². The van der Waals surface area contributed by atoms with Crippen LogP contribution in [0.3, 0.4) is 0 Å². The number of sulfone groups is 1. The maximum Gasteiger partial charge on any atom is 0.260 e. The number of benzene rings is 2. The first-order valence-electron chi connectivity index (χ1n) is 10.6. The number of primary amides is 1. The molecular weight excluding hydrogens is 579 g/mol. The summed E-state index contributed by atoms with van der Waals surface area (Å²) < 4.78 is 28.9. The lowest BCUT2D eigenvalue weighted by Crippen LogP contribution is -2.42. The molecule has 0 bridgehead atoms. The summed E-state index contributed by atoms with van der Waals surface area (Å²) in [4.78, 5) is 30.7. The van der Waals surface area contributed by atoms with E-state index in [9.17, 15) is 18.0 Å². The summed E-state index contributed by atoms with van der Waals surface area (Å²) in [5.74, 6) is -1.14. The molecule has 12 heteroatoms. The molecule has 0 radical (unpaired) electrons. The number of halogens is 3. The quantitative estimate of drug-likeness (QED) is 0.405. The van der Waals surface area contributed by atoms with E-state index in [2.05, 4.69) is 20.9 Å². The van der Waals surface area contributed by atoms with E-state index in [4.69, 9.17) is 28.9 Å². The number of carbonyl (C=O) groups excluding carboxylic acids is 2. The second kappa shape index (κ2) is 9.57. The molecule has 4 rings (SSSR count). The Morgan fingerprint density at radius 2 is 1.77 bits per heavy atom. The standard InChI is InChI=1S/C23H21BrCl2N4O4S/c1-23(12-14-4-6-15(24)7-5-14)21(32)29(18-10-16(25)9-17(26)11-18)22-28-13-20(30(22)23)35(33,34)8-2-3-19(27)31/h4-7,9-11,13H,2-3,8,12H2,1H3,(H2,27,31)/t23-/m1/s1. The fourth-order valence-corrected chi connectivity index (χ4v) is 6.48. The molecule has 2 amide bonds. The second-order valence-electron chi connectivity index (χ2n) is 8.47. The SMILES string of the molecule is C[C@@]1(Cc2ccc(Br)cc2)C(=O)N(c2cc(Cl)cc(Cl)c2)c2ncc(S(=O)(=O)CCCC(N)=O)n21. The Labute approximate surface area is 221 Å². The van der Waals surface area contributed by atoms with Crippen molar-refractivity contribution in [3.8, 4) is 0 Å². The molecule has 2 N–H and O–H groups in total. The molecule has 0 fully saturated rings. The van der Waals surface area contributed by atoms with Gasteiger partial charge in [-0.3, -0.25) is 14.2 Å². The third kappa shape index (κ3) is 4.97. The molecule has 3 aromatic rings. The monoisotopic (exact) mass is 598 g/mol. The summed E-state index contributed by atoms with van der Waals surface area (Å²) in [5.41, 5.74) is 5.05. The smallest absolute Gasteiger partial charge is 0.260 e. The van der Waals surface area contributed by atoms with Gasteiger partial charge < -0.3 is 5.73 Å². The molecule has 2 heterocycles. The molecule has 0 saturated carbocycles. The van der Waals surface area contributed by atoms with E-state index in [0.29, 0.717) is 15.7 Å². The maximum atomic E-state index is 13.9. The van der Waals surface area contributed by atoms with Crippen molar-refractivity contribution in [2.45, 2.75) is 36.8 Å². The fourth-order valence-electron chi connectivity index (χ4n) is 4.19. The minimum Gasteiger partial charge on any atom is -0.370 e. The Morgan fingerprint density at radius 3 is 2.37 bits per heavy atom. The predicted molar refractivity (Wildman–Crippen MR) is 138 cm³/mol. The first kappa shape index (κ1) is 25.7. The lowest BCUT2D eigenvalue weighted by molar-refractivity contribution is -0.124. The number of hydrogen-bond acceptors (Lipinski definition) is 5. The van der Waals surface area contributed by atoms with E-state index in [0.717, 1.165) is 10.0 Å². The number of carbonyl (C=O) groups is 2. The van der Waals surface area contributed by atoms with Crippen LogP contribution in [-0.2, 0) is 31.4 Å². The number of hydrogen-bond donors (Lipinski definition) is 1. The van der Waals surface area contributed by atoms with Crippen LogP contribution in [0.15, 0.2) is 58.2 Å². The highest BCUT2D eigenvalue weighted by Gasteiger charge is 2.51. The Hall–Kier alpha value is -2.40. The fraction of sp³-hybridized carbons (Fsp3) is 0.261. The molecule has 184 valence electrons. The van der Waals surface area contributed by atoms with Gasteiger partial charge in [0.05, 0.1) is 17.6 Å². The van der Waals surface area contributed by atoms with Crippen molar-refractivity contribution >= 4 is 72.4 Å². The Kier molecular flexibility index (Phi) is 7.02. The van der Waals surface area contributed by atoms with Crippen LogP contribution in [0.1, 0.15) is 25.3 Å². The van der Waals surface area contributed by atoms with Crippen molar-refractivity contribution in [1.29, 1.82) is 0 Å². The molecule has 8 nitrogen and oxygen atoms in total. The molecule has 0 saturated heterocycles. The largest absolute Gasteiger partial charge is 0.370 e. The normalized spacial score (nSPS) is 17.6. The van der Waals surface area contributed by atoms with Gasteiger partial charge in [-0.05, 0) is 49.2 Å². The van der Waals surface area contributed by atoms with Crippen molar-refractivity contribution < 1.29 is 18.0 Å². The number of nitrogens with two attached hydrogens (primary N) is 1. The van der Waals surface area contributed by atoms with Gasteiger partial charge in [0.25, 0.3) is 5.91 Å². The minimum atomic E-state index is -3.90. The number of amides is 2. The second-order valence-corrected chi connectivity index (χ2v) is 12.3. The van der Waals surface area contributed by atoms with Gasteiger partial charge in [-0.1, -0.05) is 51.3 Å². The van der Waals surface area contributed by atoms with E-state index in [1.807, 2.05) is 24.3 Å². The van der Waals surface area contributed by atoms with Gasteiger partial charge in [0.2, 0.25) is 11.9 Å². The van der Waals surface area contributed by atoms with Gasteiger partial charge in [-0.15, -0.1) is 0 Å². The van der Waals surface area contributed by atoms with Gasteiger partial charge in [0.1, 0.15) is 5.54 Å².